The maximum Gasteiger partial charge on any atom is 0.119 e. The molecule has 3 rings (SSSR count). The van der Waals surface area contributed by atoms with Crippen molar-refractivity contribution in [2.45, 2.75) is 0 Å². The third-order valence-electron chi connectivity index (χ3n) is 3.52. The highest BCUT2D eigenvalue weighted by molar-refractivity contribution is 5.95. The molecule has 1 N–H and O–H groups in total. The molecule has 2 aromatic rings. The summed E-state index contributed by atoms with van der Waals surface area (Å²) >= 11 is 0. The average Bonchev–Trinajstić information content (AvgIpc) is 2.47. The zero-order valence-corrected chi connectivity index (χ0v) is 11.9. The quantitative estimate of drug-likeness (QED) is 0.914. The second kappa shape index (κ2) is 6.13. The minimum atomic E-state index is 0. The number of rotatable bonds is 2. The number of hydrogen-bond acceptors (Lipinski definition) is 3. The van der Waals surface area contributed by atoms with E-state index < -0.39 is 0 Å². The van der Waals surface area contributed by atoms with Crippen LogP contribution in [-0.4, -0.2) is 33.3 Å². The van der Waals surface area contributed by atoms with Crippen LogP contribution < -0.4 is 15.0 Å². The van der Waals surface area contributed by atoms with Gasteiger partial charge in [-0.25, -0.2) is 0 Å². The number of fused-ring (bicyclic) bond motifs is 1. The molecule has 1 fully saturated rings. The van der Waals surface area contributed by atoms with Crippen molar-refractivity contribution in [1.82, 2.24) is 5.32 Å². The fourth-order valence-corrected chi connectivity index (χ4v) is 2.54. The van der Waals surface area contributed by atoms with Crippen LogP contribution in [0.3, 0.4) is 0 Å². The third-order valence-corrected chi connectivity index (χ3v) is 3.52. The highest BCUT2D eigenvalue weighted by Gasteiger charge is 2.13. The summed E-state index contributed by atoms with van der Waals surface area (Å²) < 4.78 is 5.33. The molecule has 0 unspecified atom stereocenters. The molecule has 0 bridgehead atoms. The zero-order valence-electron chi connectivity index (χ0n) is 11.1. The highest BCUT2D eigenvalue weighted by atomic mass is 35.5. The minimum absolute atomic E-state index is 0. The lowest BCUT2D eigenvalue weighted by molar-refractivity contribution is 0.415. The number of piperazine rings is 1. The highest BCUT2D eigenvalue weighted by Crippen LogP contribution is 2.30. The summed E-state index contributed by atoms with van der Waals surface area (Å²) in [5.74, 6) is 0.921. The summed E-state index contributed by atoms with van der Waals surface area (Å²) in [5.41, 5.74) is 1.31. The number of ether oxygens (including phenoxy) is 1. The van der Waals surface area contributed by atoms with Crippen molar-refractivity contribution < 1.29 is 4.74 Å². The minimum Gasteiger partial charge on any atom is -0.497 e. The average molecular weight is 279 g/mol. The van der Waals surface area contributed by atoms with Crippen LogP contribution in [0.4, 0.5) is 5.69 Å². The van der Waals surface area contributed by atoms with Crippen LogP contribution in [0.15, 0.2) is 36.4 Å². The first-order chi connectivity index (χ1) is 8.88. The molecule has 19 heavy (non-hydrogen) atoms. The van der Waals surface area contributed by atoms with Gasteiger partial charge >= 0.3 is 0 Å². The molecule has 102 valence electrons. The summed E-state index contributed by atoms with van der Waals surface area (Å²) in [6.45, 7) is 4.24. The number of nitrogens with one attached hydrogen (secondary N) is 1. The molecule has 0 amide bonds. The summed E-state index contributed by atoms with van der Waals surface area (Å²) in [7, 11) is 1.72. The summed E-state index contributed by atoms with van der Waals surface area (Å²) in [4.78, 5) is 2.44. The molecule has 1 heterocycles. The van der Waals surface area contributed by atoms with Crippen LogP contribution in [0.25, 0.3) is 10.8 Å². The number of benzene rings is 2. The molecule has 3 nitrogen and oxygen atoms in total. The normalized spacial score (nSPS) is 15.1. The largest absolute Gasteiger partial charge is 0.497 e. The topological polar surface area (TPSA) is 24.5 Å². The summed E-state index contributed by atoms with van der Waals surface area (Å²) in [5, 5.41) is 5.94. The molecular formula is C15H19ClN2O. The van der Waals surface area contributed by atoms with E-state index in [2.05, 4.69) is 40.5 Å². The van der Waals surface area contributed by atoms with Crippen LogP contribution in [-0.2, 0) is 0 Å². The van der Waals surface area contributed by atoms with Crippen molar-refractivity contribution in [3.05, 3.63) is 36.4 Å². The van der Waals surface area contributed by atoms with Gasteiger partial charge in [0.05, 0.1) is 7.11 Å². The molecule has 4 heteroatoms. The van der Waals surface area contributed by atoms with Crippen LogP contribution in [0.5, 0.6) is 5.75 Å². The Morgan fingerprint density at radius 2 is 1.89 bits per heavy atom. The Morgan fingerprint density at radius 1 is 1.11 bits per heavy atom. The lowest BCUT2D eigenvalue weighted by Gasteiger charge is -2.30. The van der Waals surface area contributed by atoms with Gasteiger partial charge in [-0.2, -0.15) is 0 Å². The third kappa shape index (κ3) is 2.77. The van der Waals surface area contributed by atoms with Crippen molar-refractivity contribution in [2.24, 2.45) is 0 Å². The molecule has 0 spiro atoms. The Bertz CT molecular complexity index is 553. The Hall–Kier alpha value is -1.45. The smallest absolute Gasteiger partial charge is 0.119 e. The molecule has 1 aliphatic rings. The molecule has 0 atom stereocenters. The maximum absolute atomic E-state index is 5.33. The first-order valence-electron chi connectivity index (χ1n) is 6.41. The molecule has 1 saturated heterocycles. The SMILES string of the molecule is COc1ccc2cccc(N3CCNCC3)c2c1.Cl. The van der Waals surface area contributed by atoms with Gasteiger partial charge in [-0.05, 0) is 23.6 Å². The van der Waals surface area contributed by atoms with Crippen LogP contribution in [0.2, 0.25) is 0 Å². The van der Waals surface area contributed by atoms with E-state index in [0.29, 0.717) is 0 Å². The molecule has 0 aromatic heterocycles. The predicted molar refractivity (Wildman–Crippen MR) is 82.8 cm³/mol. The first-order valence-corrected chi connectivity index (χ1v) is 6.41. The van der Waals surface area contributed by atoms with E-state index in [0.717, 1.165) is 31.9 Å². The molecular weight excluding hydrogens is 260 g/mol. The van der Waals surface area contributed by atoms with Gasteiger partial charge < -0.3 is 15.0 Å². The fourth-order valence-electron chi connectivity index (χ4n) is 2.54. The lowest BCUT2D eigenvalue weighted by atomic mass is 10.1. The lowest BCUT2D eigenvalue weighted by Crippen LogP contribution is -2.43. The molecule has 1 aliphatic heterocycles. The Kier molecular flexibility index (Phi) is 4.51. The standard InChI is InChI=1S/C15H18N2O.ClH/c1-18-13-6-5-12-3-2-4-15(14(12)11-13)17-9-7-16-8-10-17;/h2-6,11,16H,7-10H2,1H3;1H. The summed E-state index contributed by atoms with van der Waals surface area (Å²) in [6.07, 6.45) is 0. The molecule has 0 radical (unpaired) electrons. The maximum atomic E-state index is 5.33. The number of hydrogen-bond donors (Lipinski definition) is 1. The molecule has 0 aliphatic carbocycles. The molecule has 0 saturated carbocycles. The van der Waals surface area contributed by atoms with E-state index in [1.165, 1.54) is 16.5 Å². The number of anilines is 1. The van der Waals surface area contributed by atoms with Crippen LogP contribution in [0.1, 0.15) is 0 Å². The van der Waals surface area contributed by atoms with E-state index in [-0.39, 0.29) is 12.4 Å². The van der Waals surface area contributed by atoms with Crippen molar-refractivity contribution >= 4 is 28.9 Å². The van der Waals surface area contributed by atoms with Crippen molar-refractivity contribution in [1.29, 1.82) is 0 Å². The van der Waals surface area contributed by atoms with E-state index in [4.69, 9.17) is 4.74 Å². The van der Waals surface area contributed by atoms with Gasteiger partial charge in [-0.3, -0.25) is 0 Å². The second-order valence-corrected chi connectivity index (χ2v) is 4.60. The number of nitrogens with zero attached hydrogens (tertiary/aromatic N) is 1. The van der Waals surface area contributed by atoms with E-state index in [9.17, 15) is 0 Å². The second-order valence-electron chi connectivity index (χ2n) is 4.60. The van der Waals surface area contributed by atoms with Gasteiger partial charge in [0, 0.05) is 37.3 Å². The molecule has 2 aromatic carbocycles. The zero-order chi connectivity index (χ0) is 12.4. The number of halogens is 1. The van der Waals surface area contributed by atoms with Crippen LogP contribution in [0, 0.1) is 0 Å². The monoisotopic (exact) mass is 278 g/mol. The van der Waals surface area contributed by atoms with Crippen LogP contribution >= 0.6 is 12.4 Å². The van der Waals surface area contributed by atoms with E-state index in [1.54, 1.807) is 7.11 Å². The van der Waals surface area contributed by atoms with Crippen molar-refractivity contribution in [3.8, 4) is 5.75 Å². The fraction of sp³-hybridized carbons (Fsp3) is 0.333. The van der Waals surface area contributed by atoms with E-state index in [1.807, 2.05) is 6.07 Å². The van der Waals surface area contributed by atoms with Crippen molar-refractivity contribution in [3.63, 3.8) is 0 Å². The Balaban J connectivity index is 0.00000133. The van der Waals surface area contributed by atoms with Gasteiger partial charge in [0.2, 0.25) is 0 Å². The summed E-state index contributed by atoms with van der Waals surface area (Å²) in [6, 6.07) is 12.8. The number of methoxy groups -OCH3 is 1. The predicted octanol–water partition coefficient (Wildman–Crippen LogP) is 2.68. The van der Waals surface area contributed by atoms with Gasteiger partial charge in [0.25, 0.3) is 0 Å². The van der Waals surface area contributed by atoms with Gasteiger partial charge in [0.15, 0.2) is 0 Å². The van der Waals surface area contributed by atoms with Gasteiger partial charge in [-0.1, -0.05) is 18.2 Å². The van der Waals surface area contributed by atoms with E-state index >= 15 is 0 Å². The Morgan fingerprint density at radius 3 is 2.63 bits per heavy atom. The first kappa shape index (κ1) is 14.0. The van der Waals surface area contributed by atoms with Crippen molar-refractivity contribution in [2.75, 3.05) is 38.2 Å². The Labute approximate surface area is 120 Å². The van der Waals surface area contributed by atoms with Gasteiger partial charge in [0.1, 0.15) is 5.75 Å². The van der Waals surface area contributed by atoms with Gasteiger partial charge in [-0.15, -0.1) is 12.4 Å².